The highest BCUT2D eigenvalue weighted by Crippen LogP contribution is 2.28. The topological polar surface area (TPSA) is 0 Å². The Kier molecular flexibility index (Phi) is 26.6. The van der Waals surface area contributed by atoms with Gasteiger partial charge in [-0.2, -0.15) is 0 Å². The van der Waals surface area contributed by atoms with Crippen molar-refractivity contribution in [3.8, 4) is 0 Å². The van der Waals surface area contributed by atoms with Crippen LogP contribution in [0.15, 0.2) is 23.3 Å². The molecule has 0 amide bonds. The lowest BCUT2D eigenvalue weighted by molar-refractivity contribution is 0.534. The Bertz CT molecular complexity index is 510. The first kappa shape index (κ1) is 34.5. The zero-order valence-corrected chi connectivity index (χ0v) is 26.1. The summed E-state index contributed by atoms with van der Waals surface area (Å²) in [5, 5.41) is 0. The Hall–Kier alpha value is -0.520. The molecule has 0 atom stereocenters. The lowest BCUT2D eigenvalue weighted by Gasteiger charge is -2.08. The number of hydrogen-bond acceptors (Lipinski definition) is 0. The molecule has 0 aliphatic heterocycles. The maximum absolute atomic E-state index is 2.46. The highest BCUT2D eigenvalue weighted by atomic mass is 14.1. The van der Waals surface area contributed by atoms with Gasteiger partial charge in [0.15, 0.2) is 0 Å². The van der Waals surface area contributed by atoms with Crippen molar-refractivity contribution in [2.75, 3.05) is 0 Å². The summed E-state index contributed by atoms with van der Waals surface area (Å²) in [6.07, 6.45) is 49.7. The fourth-order valence-electron chi connectivity index (χ4n) is 6.16. The fraction of sp³-hybridized carbons (Fsp3) is 0.892. The summed E-state index contributed by atoms with van der Waals surface area (Å²) >= 11 is 0. The van der Waals surface area contributed by atoms with Gasteiger partial charge in [0.25, 0.3) is 0 Å². The van der Waals surface area contributed by atoms with Gasteiger partial charge >= 0.3 is 0 Å². The van der Waals surface area contributed by atoms with E-state index >= 15 is 0 Å². The molecule has 0 heterocycles. The van der Waals surface area contributed by atoms with Crippen molar-refractivity contribution in [2.45, 2.75) is 213 Å². The molecule has 0 bridgehead atoms. The van der Waals surface area contributed by atoms with Crippen LogP contribution in [0.3, 0.4) is 0 Å². The van der Waals surface area contributed by atoms with Gasteiger partial charge in [-0.15, -0.1) is 0 Å². The quantitative estimate of drug-likeness (QED) is 0.0836. The van der Waals surface area contributed by atoms with Gasteiger partial charge in [0.1, 0.15) is 0 Å². The van der Waals surface area contributed by atoms with E-state index in [1.165, 1.54) is 199 Å². The third-order valence-electron chi connectivity index (χ3n) is 8.77. The molecule has 0 aromatic rings. The van der Waals surface area contributed by atoms with Crippen molar-refractivity contribution >= 4 is 0 Å². The second-order valence-corrected chi connectivity index (χ2v) is 12.4. The standard InChI is InChI=1S/C37H70/c1-3-5-7-9-11-13-15-17-19-21-23-25-27-29-32-36-34-31-35-37(36)33-30-28-26-24-22-20-18-16-14-12-10-8-6-4-2/h31,34H,3-30,32-33,35H2,1-2H3. The minimum absolute atomic E-state index is 1.26. The Balaban J connectivity index is 1.85. The van der Waals surface area contributed by atoms with Crippen LogP contribution in [-0.4, -0.2) is 0 Å². The van der Waals surface area contributed by atoms with Crippen LogP contribution in [0.5, 0.6) is 0 Å². The second-order valence-electron chi connectivity index (χ2n) is 12.4. The SMILES string of the molecule is CCCCCCCCCCCCCCCCC1=C(CCCCCCCCCCCCCCCC)CC=C1. The molecule has 0 heteroatoms. The highest BCUT2D eigenvalue weighted by Gasteiger charge is 2.08. The van der Waals surface area contributed by atoms with Crippen LogP contribution >= 0.6 is 0 Å². The van der Waals surface area contributed by atoms with E-state index in [0.29, 0.717) is 0 Å². The summed E-state index contributed by atoms with van der Waals surface area (Å²) < 4.78 is 0. The van der Waals surface area contributed by atoms with Gasteiger partial charge in [-0.05, 0) is 37.7 Å². The maximum atomic E-state index is 2.46. The maximum Gasteiger partial charge on any atom is -0.0130 e. The third-order valence-corrected chi connectivity index (χ3v) is 8.77. The molecule has 0 aromatic carbocycles. The average molecular weight is 515 g/mol. The molecule has 37 heavy (non-hydrogen) atoms. The zero-order valence-electron chi connectivity index (χ0n) is 26.1. The van der Waals surface area contributed by atoms with E-state index in [2.05, 4.69) is 26.0 Å². The monoisotopic (exact) mass is 515 g/mol. The summed E-state index contributed by atoms with van der Waals surface area (Å²) in [6, 6.07) is 0. The van der Waals surface area contributed by atoms with Gasteiger partial charge in [0.05, 0.1) is 0 Å². The van der Waals surface area contributed by atoms with Gasteiger partial charge in [0, 0.05) is 0 Å². The van der Waals surface area contributed by atoms with E-state index in [1.807, 2.05) is 0 Å². The first-order valence-electron chi connectivity index (χ1n) is 17.8. The molecule has 0 radical (unpaired) electrons. The molecule has 0 nitrogen and oxygen atoms in total. The predicted molar refractivity (Wildman–Crippen MR) is 171 cm³/mol. The van der Waals surface area contributed by atoms with Crippen molar-refractivity contribution in [1.29, 1.82) is 0 Å². The summed E-state index contributed by atoms with van der Waals surface area (Å²) in [4.78, 5) is 0. The molecule has 0 aromatic heterocycles. The van der Waals surface area contributed by atoms with Gasteiger partial charge in [-0.3, -0.25) is 0 Å². The highest BCUT2D eigenvalue weighted by molar-refractivity contribution is 5.33. The molecule has 0 unspecified atom stereocenters. The van der Waals surface area contributed by atoms with Crippen LogP contribution in [0.1, 0.15) is 213 Å². The summed E-state index contributed by atoms with van der Waals surface area (Å²) in [6.45, 7) is 4.62. The van der Waals surface area contributed by atoms with Crippen molar-refractivity contribution in [2.24, 2.45) is 0 Å². The van der Waals surface area contributed by atoms with Crippen molar-refractivity contribution in [3.63, 3.8) is 0 Å². The summed E-state index contributed by atoms with van der Waals surface area (Å²) in [5.74, 6) is 0. The molecule has 0 saturated carbocycles. The first-order valence-corrected chi connectivity index (χ1v) is 17.8. The molecule has 218 valence electrons. The minimum atomic E-state index is 1.26. The van der Waals surface area contributed by atoms with E-state index < -0.39 is 0 Å². The van der Waals surface area contributed by atoms with Crippen LogP contribution in [-0.2, 0) is 0 Å². The fourth-order valence-corrected chi connectivity index (χ4v) is 6.16. The van der Waals surface area contributed by atoms with Crippen molar-refractivity contribution in [3.05, 3.63) is 23.3 Å². The van der Waals surface area contributed by atoms with E-state index in [0.717, 1.165) is 0 Å². The van der Waals surface area contributed by atoms with E-state index in [9.17, 15) is 0 Å². The lowest BCUT2D eigenvalue weighted by atomic mass is 9.98. The van der Waals surface area contributed by atoms with E-state index in [-0.39, 0.29) is 0 Å². The van der Waals surface area contributed by atoms with E-state index in [1.54, 1.807) is 11.1 Å². The molecule has 1 rings (SSSR count). The molecule has 0 saturated heterocycles. The van der Waals surface area contributed by atoms with Gasteiger partial charge in [-0.25, -0.2) is 0 Å². The van der Waals surface area contributed by atoms with Crippen LogP contribution in [0.2, 0.25) is 0 Å². The Morgan fingerprint density at radius 2 is 0.676 bits per heavy atom. The first-order chi connectivity index (χ1) is 18.4. The Morgan fingerprint density at radius 3 is 1.03 bits per heavy atom. The smallest absolute Gasteiger partial charge is 0.0130 e. The Morgan fingerprint density at radius 1 is 0.378 bits per heavy atom. The number of rotatable bonds is 30. The second kappa shape index (κ2) is 28.5. The normalized spacial score (nSPS) is 13.4. The van der Waals surface area contributed by atoms with Gasteiger partial charge < -0.3 is 0 Å². The molecule has 0 N–H and O–H groups in total. The number of unbranched alkanes of at least 4 members (excludes halogenated alkanes) is 26. The molecule has 1 aliphatic carbocycles. The molecular weight excluding hydrogens is 444 g/mol. The van der Waals surface area contributed by atoms with Gasteiger partial charge in [-0.1, -0.05) is 199 Å². The molecule has 1 aliphatic rings. The van der Waals surface area contributed by atoms with E-state index in [4.69, 9.17) is 0 Å². The lowest BCUT2D eigenvalue weighted by Crippen LogP contribution is -1.89. The van der Waals surface area contributed by atoms with Crippen LogP contribution < -0.4 is 0 Å². The largest absolute Gasteiger partial charge is 0.0802 e. The van der Waals surface area contributed by atoms with Gasteiger partial charge in [0.2, 0.25) is 0 Å². The van der Waals surface area contributed by atoms with Crippen LogP contribution in [0.4, 0.5) is 0 Å². The summed E-state index contributed by atoms with van der Waals surface area (Å²) in [7, 11) is 0. The van der Waals surface area contributed by atoms with Crippen molar-refractivity contribution < 1.29 is 0 Å². The van der Waals surface area contributed by atoms with Crippen LogP contribution in [0, 0.1) is 0 Å². The predicted octanol–water partition coefficient (Wildman–Crippen LogP) is 14.0. The van der Waals surface area contributed by atoms with Crippen LogP contribution in [0.25, 0.3) is 0 Å². The summed E-state index contributed by atoms with van der Waals surface area (Å²) in [5.41, 5.74) is 3.50. The molecular formula is C37H70. The average Bonchev–Trinajstić information content (AvgIpc) is 3.36. The van der Waals surface area contributed by atoms with Crippen molar-refractivity contribution in [1.82, 2.24) is 0 Å². The number of allylic oxidation sites excluding steroid dienone is 4. The zero-order chi connectivity index (χ0) is 26.5. The third kappa shape index (κ3) is 23.1. The number of hydrogen-bond donors (Lipinski definition) is 0. The Labute approximate surface area is 235 Å². The molecule has 0 spiro atoms. The molecule has 0 fully saturated rings. The minimum Gasteiger partial charge on any atom is -0.0802 e.